The Kier molecular flexibility index (Phi) is 1.83. The van der Waals surface area contributed by atoms with Crippen LogP contribution in [0.4, 0.5) is 0 Å². The van der Waals surface area contributed by atoms with E-state index in [2.05, 4.69) is 0 Å². The highest BCUT2D eigenvalue weighted by atomic mass is 16.7. The number of fused-ring (bicyclic) bond motifs is 1. The van der Waals surface area contributed by atoms with E-state index >= 15 is 0 Å². The second-order valence-electron chi connectivity index (χ2n) is 3.71. The number of aliphatic hydroxyl groups excluding tert-OH is 1. The number of esters is 1. The molecule has 5 heteroatoms. The monoisotopic (exact) mass is 188 g/mol. The van der Waals surface area contributed by atoms with Crippen LogP contribution in [0, 0.1) is 0 Å². The molecule has 0 unspecified atom stereocenters. The van der Waals surface area contributed by atoms with Crippen molar-refractivity contribution in [3.05, 3.63) is 0 Å². The van der Waals surface area contributed by atoms with Crippen LogP contribution in [0.2, 0.25) is 0 Å². The predicted molar refractivity (Wildman–Crippen MR) is 40.8 cm³/mol. The first-order valence-electron chi connectivity index (χ1n) is 4.20. The smallest absolute Gasteiger partial charge is 0.338 e. The van der Waals surface area contributed by atoms with Gasteiger partial charge < -0.3 is 19.3 Å². The van der Waals surface area contributed by atoms with Gasteiger partial charge in [0, 0.05) is 0 Å². The fourth-order valence-electron chi connectivity index (χ4n) is 1.54. The van der Waals surface area contributed by atoms with Gasteiger partial charge in [0.05, 0.1) is 6.61 Å². The Balaban J connectivity index is 2.14. The zero-order valence-corrected chi connectivity index (χ0v) is 7.52. The average molecular weight is 188 g/mol. The lowest BCUT2D eigenvalue weighted by atomic mass is 10.1. The van der Waals surface area contributed by atoms with Crippen LogP contribution in [0.15, 0.2) is 0 Å². The molecule has 0 spiro atoms. The molecule has 74 valence electrons. The van der Waals surface area contributed by atoms with E-state index in [4.69, 9.17) is 14.2 Å². The van der Waals surface area contributed by atoms with Crippen molar-refractivity contribution in [3.8, 4) is 0 Å². The number of carbonyl (C=O) groups excluding carboxylic acids is 1. The van der Waals surface area contributed by atoms with Crippen LogP contribution in [-0.4, -0.2) is 41.8 Å². The van der Waals surface area contributed by atoms with Crippen molar-refractivity contribution in [2.75, 3.05) is 6.61 Å². The summed E-state index contributed by atoms with van der Waals surface area (Å²) in [5, 5.41) is 9.37. The summed E-state index contributed by atoms with van der Waals surface area (Å²) in [6.45, 7) is 3.75. The largest absolute Gasteiger partial charge is 0.455 e. The Morgan fingerprint density at radius 1 is 1.54 bits per heavy atom. The van der Waals surface area contributed by atoms with Gasteiger partial charge in [-0.05, 0) is 13.8 Å². The molecule has 2 aliphatic heterocycles. The maximum Gasteiger partial charge on any atom is 0.338 e. The molecular formula is C8H12O5. The lowest BCUT2D eigenvalue weighted by Crippen LogP contribution is -2.50. The fourth-order valence-corrected chi connectivity index (χ4v) is 1.54. The van der Waals surface area contributed by atoms with Crippen LogP contribution in [0.1, 0.15) is 13.8 Å². The van der Waals surface area contributed by atoms with E-state index < -0.39 is 30.1 Å². The summed E-state index contributed by atoms with van der Waals surface area (Å²) in [5.74, 6) is -1.38. The first kappa shape index (κ1) is 8.93. The molecule has 2 fully saturated rings. The molecule has 1 N–H and O–H groups in total. The van der Waals surface area contributed by atoms with Crippen molar-refractivity contribution in [1.29, 1.82) is 0 Å². The van der Waals surface area contributed by atoms with Crippen LogP contribution in [0.3, 0.4) is 0 Å². The zero-order valence-electron chi connectivity index (χ0n) is 7.52. The van der Waals surface area contributed by atoms with Crippen LogP contribution in [0.25, 0.3) is 0 Å². The van der Waals surface area contributed by atoms with Gasteiger partial charge in [-0.2, -0.15) is 0 Å². The van der Waals surface area contributed by atoms with Gasteiger partial charge in [-0.1, -0.05) is 0 Å². The van der Waals surface area contributed by atoms with Gasteiger partial charge in [0.25, 0.3) is 0 Å². The lowest BCUT2D eigenvalue weighted by Gasteiger charge is -2.36. The molecule has 0 aromatic heterocycles. The molecule has 0 bridgehead atoms. The molecule has 0 radical (unpaired) electrons. The minimum Gasteiger partial charge on any atom is -0.455 e. The van der Waals surface area contributed by atoms with Gasteiger partial charge in [0.2, 0.25) is 0 Å². The van der Waals surface area contributed by atoms with Crippen molar-refractivity contribution in [2.24, 2.45) is 0 Å². The molecule has 0 aliphatic carbocycles. The first-order chi connectivity index (χ1) is 5.99. The van der Waals surface area contributed by atoms with Gasteiger partial charge in [-0.3, -0.25) is 0 Å². The number of hydrogen-bond acceptors (Lipinski definition) is 5. The summed E-state index contributed by atoms with van der Waals surface area (Å²) in [5.41, 5.74) is 0. The molecule has 2 rings (SSSR count). The highest BCUT2D eigenvalue weighted by Gasteiger charge is 2.50. The third-order valence-electron chi connectivity index (χ3n) is 2.20. The van der Waals surface area contributed by atoms with Crippen LogP contribution in [0.5, 0.6) is 0 Å². The van der Waals surface area contributed by atoms with Gasteiger partial charge >= 0.3 is 5.97 Å². The predicted octanol–water partition coefficient (Wildman–Crippen LogP) is -0.576. The highest BCUT2D eigenvalue weighted by molar-refractivity contribution is 5.77. The Morgan fingerprint density at radius 3 is 2.92 bits per heavy atom. The second-order valence-corrected chi connectivity index (χ2v) is 3.71. The van der Waals surface area contributed by atoms with E-state index in [1.165, 1.54) is 0 Å². The van der Waals surface area contributed by atoms with Gasteiger partial charge in [-0.15, -0.1) is 0 Å². The molecule has 5 nitrogen and oxygen atoms in total. The van der Waals surface area contributed by atoms with Crippen molar-refractivity contribution in [1.82, 2.24) is 0 Å². The van der Waals surface area contributed by atoms with E-state index in [9.17, 15) is 9.90 Å². The summed E-state index contributed by atoms with van der Waals surface area (Å²) < 4.78 is 15.5. The van der Waals surface area contributed by atoms with Crippen LogP contribution >= 0.6 is 0 Å². The summed E-state index contributed by atoms with van der Waals surface area (Å²) in [4.78, 5) is 10.9. The quantitative estimate of drug-likeness (QED) is 0.515. The van der Waals surface area contributed by atoms with E-state index in [0.717, 1.165) is 0 Å². The van der Waals surface area contributed by atoms with Crippen molar-refractivity contribution < 1.29 is 24.1 Å². The zero-order chi connectivity index (χ0) is 9.64. The van der Waals surface area contributed by atoms with E-state index in [1.54, 1.807) is 13.8 Å². The summed E-state index contributed by atoms with van der Waals surface area (Å²) in [7, 11) is 0. The topological polar surface area (TPSA) is 65.0 Å². The van der Waals surface area contributed by atoms with Gasteiger partial charge in [-0.25, -0.2) is 4.79 Å². The summed E-state index contributed by atoms with van der Waals surface area (Å²) in [6, 6.07) is 0. The van der Waals surface area contributed by atoms with E-state index in [1.807, 2.05) is 0 Å². The normalized spacial score (nSPS) is 42.7. The Morgan fingerprint density at radius 2 is 2.23 bits per heavy atom. The Labute approximate surface area is 75.6 Å². The molecule has 2 heterocycles. The molecule has 0 saturated carbocycles. The number of aliphatic hydroxyl groups is 1. The second kappa shape index (κ2) is 2.67. The number of hydrogen-bond donors (Lipinski definition) is 1. The molecular weight excluding hydrogens is 176 g/mol. The number of ether oxygens (including phenoxy) is 3. The van der Waals surface area contributed by atoms with Crippen molar-refractivity contribution in [2.45, 2.75) is 37.9 Å². The SMILES string of the molecule is CC1(C)OC[C@H]2OC(=O)[C@@H](O)[C@@H]2O1. The first-order valence-corrected chi connectivity index (χ1v) is 4.20. The van der Waals surface area contributed by atoms with Crippen molar-refractivity contribution >= 4 is 5.97 Å². The van der Waals surface area contributed by atoms with E-state index in [-0.39, 0.29) is 6.61 Å². The minimum absolute atomic E-state index is 0.278. The third kappa shape index (κ3) is 1.43. The number of carbonyl (C=O) groups is 1. The number of rotatable bonds is 0. The summed E-state index contributed by atoms with van der Waals surface area (Å²) in [6.07, 6.45) is -2.22. The Hall–Kier alpha value is -0.650. The van der Waals surface area contributed by atoms with Crippen LogP contribution in [-0.2, 0) is 19.0 Å². The summed E-state index contributed by atoms with van der Waals surface area (Å²) >= 11 is 0. The van der Waals surface area contributed by atoms with E-state index in [0.29, 0.717) is 0 Å². The molecule has 0 aromatic rings. The molecule has 3 atom stereocenters. The van der Waals surface area contributed by atoms with Gasteiger partial charge in [0.15, 0.2) is 18.0 Å². The highest BCUT2D eigenvalue weighted by Crippen LogP contribution is 2.30. The minimum atomic E-state index is -1.17. The standard InChI is InChI=1S/C8H12O5/c1-8(2)11-3-4-6(13-8)5(9)7(10)12-4/h4-6,9H,3H2,1-2H3/t4-,5+,6-/m1/s1. The molecule has 2 aliphatic rings. The molecule has 13 heavy (non-hydrogen) atoms. The molecule has 0 aromatic carbocycles. The molecule has 2 saturated heterocycles. The maximum absolute atomic E-state index is 10.9. The Bertz CT molecular complexity index is 237. The van der Waals surface area contributed by atoms with Crippen LogP contribution < -0.4 is 0 Å². The lowest BCUT2D eigenvalue weighted by molar-refractivity contribution is -0.299. The average Bonchev–Trinajstić information content (AvgIpc) is 2.29. The molecule has 0 amide bonds. The van der Waals surface area contributed by atoms with Crippen molar-refractivity contribution in [3.63, 3.8) is 0 Å². The van der Waals surface area contributed by atoms with Gasteiger partial charge in [0.1, 0.15) is 6.10 Å². The fraction of sp³-hybridized carbons (Fsp3) is 0.875. The third-order valence-corrected chi connectivity index (χ3v) is 2.20. The maximum atomic E-state index is 10.9.